The largest absolute Gasteiger partial charge is 0.493 e. The number of hydrogen-bond acceptors (Lipinski definition) is 5. The summed E-state index contributed by atoms with van der Waals surface area (Å²) in [5.41, 5.74) is 1.18. The van der Waals surface area contributed by atoms with Gasteiger partial charge in [-0.3, -0.25) is 0 Å². The average molecular weight is 350 g/mol. The third-order valence-corrected chi connectivity index (χ3v) is 3.85. The number of esters is 1. The van der Waals surface area contributed by atoms with Gasteiger partial charge in [-0.2, -0.15) is 0 Å². The van der Waals surface area contributed by atoms with E-state index in [1.807, 2.05) is 18.2 Å². The highest BCUT2D eigenvalue weighted by atomic mass is 16.5. The van der Waals surface area contributed by atoms with Crippen molar-refractivity contribution >= 4 is 5.97 Å². The van der Waals surface area contributed by atoms with Crippen LogP contribution in [0.4, 0.5) is 0 Å². The minimum Gasteiger partial charge on any atom is -0.493 e. The zero-order chi connectivity index (χ0) is 18.5. The van der Waals surface area contributed by atoms with Crippen molar-refractivity contribution in [2.45, 2.75) is 45.4 Å². The van der Waals surface area contributed by atoms with Gasteiger partial charge in [0, 0.05) is 6.08 Å². The fourth-order valence-corrected chi connectivity index (χ4v) is 2.59. The van der Waals surface area contributed by atoms with Crippen LogP contribution < -0.4 is 14.2 Å². The maximum Gasteiger partial charge on any atom is 0.330 e. The lowest BCUT2D eigenvalue weighted by Crippen LogP contribution is -1.98. The van der Waals surface area contributed by atoms with Crippen LogP contribution >= 0.6 is 0 Å². The van der Waals surface area contributed by atoms with E-state index in [4.69, 9.17) is 18.9 Å². The molecule has 0 aliphatic carbocycles. The molecule has 1 aromatic rings. The minimum absolute atomic E-state index is 0.259. The Kier molecular flexibility index (Phi) is 10.2. The second kappa shape index (κ2) is 12.2. The highest BCUT2D eigenvalue weighted by molar-refractivity contribution is 5.81. The summed E-state index contributed by atoms with van der Waals surface area (Å²) < 4.78 is 20.9. The van der Waals surface area contributed by atoms with Gasteiger partial charge in [0.25, 0.3) is 0 Å². The van der Waals surface area contributed by atoms with Gasteiger partial charge in [0.1, 0.15) is 0 Å². The van der Waals surface area contributed by atoms with Gasteiger partial charge in [0.05, 0.1) is 27.9 Å². The van der Waals surface area contributed by atoms with Gasteiger partial charge in [-0.15, -0.1) is 0 Å². The van der Waals surface area contributed by atoms with E-state index < -0.39 is 0 Å². The summed E-state index contributed by atoms with van der Waals surface area (Å²) >= 11 is 0. The van der Waals surface area contributed by atoms with E-state index in [0.717, 1.165) is 38.5 Å². The van der Waals surface area contributed by atoms with Crippen LogP contribution in [-0.4, -0.2) is 33.9 Å². The summed E-state index contributed by atoms with van der Waals surface area (Å²) in [6, 6.07) is 4.01. The molecule has 0 radical (unpaired) electrons. The van der Waals surface area contributed by atoms with Gasteiger partial charge in [-0.1, -0.05) is 18.9 Å². The molecule has 0 aliphatic heterocycles. The fraction of sp³-hybridized carbons (Fsp3) is 0.550. The Morgan fingerprint density at radius 2 is 1.60 bits per heavy atom. The van der Waals surface area contributed by atoms with Crippen molar-refractivity contribution in [3.05, 3.63) is 29.8 Å². The first kappa shape index (κ1) is 20.9. The highest BCUT2D eigenvalue weighted by Crippen LogP contribution is 2.38. The highest BCUT2D eigenvalue weighted by Gasteiger charge is 2.12. The Bertz CT molecular complexity index is 526. The quantitative estimate of drug-likeness (QED) is 0.319. The Labute approximate surface area is 150 Å². The smallest absolute Gasteiger partial charge is 0.330 e. The first-order valence-corrected chi connectivity index (χ1v) is 8.78. The Hall–Kier alpha value is -2.17. The van der Waals surface area contributed by atoms with Gasteiger partial charge >= 0.3 is 5.97 Å². The van der Waals surface area contributed by atoms with Crippen molar-refractivity contribution in [2.24, 2.45) is 0 Å². The van der Waals surface area contributed by atoms with Crippen LogP contribution in [0.25, 0.3) is 0 Å². The van der Waals surface area contributed by atoms with Gasteiger partial charge in [0.15, 0.2) is 11.5 Å². The zero-order valence-corrected chi connectivity index (χ0v) is 15.8. The summed E-state index contributed by atoms with van der Waals surface area (Å²) in [4.78, 5) is 11.1. The first-order chi connectivity index (χ1) is 12.2. The van der Waals surface area contributed by atoms with Crippen LogP contribution in [0, 0.1) is 0 Å². The van der Waals surface area contributed by atoms with Crippen molar-refractivity contribution in [3.63, 3.8) is 0 Å². The summed E-state index contributed by atoms with van der Waals surface area (Å²) in [5, 5.41) is 0. The molecule has 0 spiro atoms. The number of allylic oxidation sites excluding steroid dienone is 1. The van der Waals surface area contributed by atoms with E-state index in [1.165, 1.54) is 11.6 Å². The van der Waals surface area contributed by atoms with Gasteiger partial charge in [-0.25, -0.2) is 4.79 Å². The molecular formula is C20H30O5. The molecule has 0 heterocycles. The number of carbonyl (C=O) groups excluding carboxylic acids is 1. The topological polar surface area (TPSA) is 54.0 Å². The van der Waals surface area contributed by atoms with Crippen molar-refractivity contribution in [3.8, 4) is 17.2 Å². The molecule has 0 bridgehead atoms. The van der Waals surface area contributed by atoms with Crippen molar-refractivity contribution < 1.29 is 23.7 Å². The summed E-state index contributed by atoms with van der Waals surface area (Å²) in [6.07, 6.45) is 9.72. The van der Waals surface area contributed by atoms with Gasteiger partial charge in [-0.05, 0) is 50.3 Å². The Morgan fingerprint density at radius 1 is 0.960 bits per heavy atom. The molecule has 0 atom stereocenters. The molecule has 5 nitrogen and oxygen atoms in total. The molecule has 5 heteroatoms. The molecule has 1 rings (SSSR count). The predicted octanol–water partition coefficient (Wildman–Crippen LogP) is 4.32. The molecule has 0 saturated carbocycles. The van der Waals surface area contributed by atoms with E-state index in [-0.39, 0.29) is 5.97 Å². The normalized spacial score (nSPS) is 10.7. The van der Waals surface area contributed by atoms with Gasteiger partial charge < -0.3 is 18.9 Å². The van der Waals surface area contributed by atoms with Crippen LogP contribution in [0.1, 0.15) is 44.6 Å². The maximum atomic E-state index is 11.1. The van der Waals surface area contributed by atoms with Crippen LogP contribution in [0.2, 0.25) is 0 Å². The number of rotatable bonds is 12. The van der Waals surface area contributed by atoms with E-state index in [1.54, 1.807) is 28.3 Å². The number of benzene rings is 1. The molecule has 0 fully saturated rings. The summed E-state index contributed by atoms with van der Waals surface area (Å²) in [6.45, 7) is 2.23. The van der Waals surface area contributed by atoms with E-state index in [2.05, 4.69) is 0 Å². The van der Waals surface area contributed by atoms with Crippen LogP contribution in [0.3, 0.4) is 0 Å². The summed E-state index contributed by atoms with van der Waals surface area (Å²) in [7, 11) is 4.87. The number of hydrogen-bond donors (Lipinski definition) is 0. The average Bonchev–Trinajstić information content (AvgIpc) is 2.63. The van der Waals surface area contributed by atoms with E-state index in [0.29, 0.717) is 23.9 Å². The van der Waals surface area contributed by atoms with E-state index >= 15 is 0 Å². The number of methoxy groups -OCH3 is 3. The zero-order valence-electron chi connectivity index (χ0n) is 15.8. The molecule has 0 amide bonds. The molecule has 0 aromatic heterocycles. The van der Waals surface area contributed by atoms with Crippen LogP contribution in [0.15, 0.2) is 24.3 Å². The van der Waals surface area contributed by atoms with E-state index in [9.17, 15) is 4.79 Å². The van der Waals surface area contributed by atoms with Crippen LogP contribution in [-0.2, 0) is 16.0 Å². The number of aryl methyl sites for hydroxylation is 1. The molecular weight excluding hydrogens is 320 g/mol. The third-order valence-electron chi connectivity index (χ3n) is 3.85. The summed E-state index contributed by atoms with van der Waals surface area (Å²) in [5.74, 6) is 1.76. The molecule has 0 N–H and O–H groups in total. The van der Waals surface area contributed by atoms with Crippen molar-refractivity contribution in [1.29, 1.82) is 0 Å². The molecule has 140 valence electrons. The molecule has 0 aliphatic rings. The second-order valence-electron chi connectivity index (χ2n) is 5.64. The second-order valence-corrected chi connectivity index (χ2v) is 5.64. The monoisotopic (exact) mass is 350 g/mol. The SMILES string of the molecule is CCOC(=O)C=CCCCCCCc1cc(OC)c(OC)c(OC)c1. The predicted molar refractivity (Wildman–Crippen MR) is 98.7 cm³/mol. The molecule has 0 unspecified atom stereocenters. The first-order valence-electron chi connectivity index (χ1n) is 8.78. The number of ether oxygens (including phenoxy) is 4. The standard InChI is InChI=1S/C20H30O5/c1-5-25-19(21)13-11-9-7-6-8-10-12-16-14-17(22-2)20(24-4)18(15-16)23-3/h11,13-15H,5-10,12H2,1-4H3. The lowest BCUT2D eigenvalue weighted by Gasteiger charge is -2.14. The van der Waals surface area contributed by atoms with Gasteiger partial charge in [0.2, 0.25) is 5.75 Å². The van der Waals surface area contributed by atoms with Crippen LogP contribution in [0.5, 0.6) is 17.2 Å². The maximum absolute atomic E-state index is 11.1. The Morgan fingerprint density at radius 3 is 2.16 bits per heavy atom. The third kappa shape index (κ3) is 7.50. The number of carbonyl (C=O) groups is 1. The van der Waals surface area contributed by atoms with Crippen molar-refractivity contribution in [2.75, 3.05) is 27.9 Å². The lowest BCUT2D eigenvalue weighted by atomic mass is 10.0. The minimum atomic E-state index is -0.259. The fourth-order valence-electron chi connectivity index (χ4n) is 2.59. The molecule has 1 aromatic carbocycles. The lowest BCUT2D eigenvalue weighted by molar-refractivity contribution is -0.137. The molecule has 0 saturated heterocycles. The van der Waals surface area contributed by atoms with Crippen molar-refractivity contribution in [1.82, 2.24) is 0 Å². The molecule has 25 heavy (non-hydrogen) atoms. The number of unbranched alkanes of at least 4 members (excludes halogenated alkanes) is 4. The Balaban J connectivity index is 2.33.